The van der Waals surface area contributed by atoms with Gasteiger partial charge in [0.1, 0.15) is 0 Å². The predicted molar refractivity (Wildman–Crippen MR) is 65.4 cm³/mol. The lowest BCUT2D eigenvalue weighted by atomic mass is 10.1. The summed E-state index contributed by atoms with van der Waals surface area (Å²) in [6.07, 6.45) is 0.595. The summed E-state index contributed by atoms with van der Waals surface area (Å²) in [5, 5.41) is 10.3. The summed E-state index contributed by atoms with van der Waals surface area (Å²) in [6, 6.07) is 7.89. The summed E-state index contributed by atoms with van der Waals surface area (Å²) in [5.41, 5.74) is 6.87. The minimum absolute atomic E-state index is 0.117. The van der Waals surface area contributed by atoms with Crippen LogP contribution in [0.4, 0.5) is 0 Å². The number of hydrogen-bond acceptors (Lipinski definition) is 3. The van der Waals surface area contributed by atoms with Crippen LogP contribution in [0, 0.1) is 0 Å². The van der Waals surface area contributed by atoms with Crippen LogP contribution in [0.1, 0.15) is 18.0 Å². The number of nitrogens with two attached hydrogens (primary N) is 1. The van der Waals surface area contributed by atoms with Crippen LogP contribution in [0.2, 0.25) is 5.02 Å². The van der Waals surface area contributed by atoms with Crippen LogP contribution in [0.5, 0.6) is 0 Å². The molecule has 88 valence electrons. The Morgan fingerprint density at radius 1 is 1.50 bits per heavy atom. The molecule has 0 amide bonds. The minimum atomic E-state index is -0.225. The molecular formula is C12H17ClN2O. The molecule has 3 nitrogen and oxygen atoms in total. The molecule has 4 heteroatoms. The number of benzene rings is 1. The summed E-state index contributed by atoms with van der Waals surface area (Å²) < 4.78 is 0. The first-order chi connectivity index (χ1) is 7.72. The third-order valence-corrected chi connectivity index (χ3v) is 3.47. The van der Waals surface area contributed by atoms with Crippen LogP contribution < -0.4 is 5.73 Å². The number of rotatable bonds is 3. The Balaban J connectivity index is 2.19. The second-order valence-corrected chi connectivity index (χ2v) is 4.62. The summed E-state index contributed by atoms with van der Waals surface area (Å²) in [5.74, 6) is 0. The Kier molecular flexibility index (Phi) is 3.82. The molecule has 2 unspecified atom stereocenters. The van der Waals surface area contributed by atoms with Gasteiger partial charge in [-0.15, -0.1) is 0 Å². The molecule has 2 atom stereocenters. The standard InChI is InChI=1S/C12H17ClN2O/c13-11-4-2-1-3-10(11)12(7-14)15-6-5-9(16)8-15/h1-4,9,12,16H,5-8,14H2. The van der Waals surface area contributed by atoms with Crippen LogP contribution in [0.15, 0.2) is 24.3 Å². The van der Waals surface area contributed by atoms with E-state index in [2.05, 4.69) is 4.90 Å². The summed E-state index contributed by atoms with van der Waals surface area (Å²) in [7, 11) is 0. The van der Waals surface area contributed by atoms with E-state index in [9.17, 15) is 5.11 Å². The Bertz CT molecular complexity index is 359. The minimum Gasteiger partial charge on any atom is -0.392 e. The van der Waals surface area contributed by atoms with Gasteiger partial charge in [-0.1, -0.05) is 29.8 Å². The second-order valence-electron chi connectivity index (χ2n) is 4.21. The van der Waals surface area contributed by atoms with Crippen LogP contribution in [-0.4, -0.2) is 35.7 Å². The van der Waals surface area contributed by atoms with E-state index in [1.807, 2.05) is 24.3 Å². The zero-order chi connectivity index (χ0) is 11.5. The smallest absolute Gasteiger partial charge is 0.0679 e. The molecule has 1 aromatic carbocycles. The number of β-amino-alcohol motifs (C(OH)–C–C–N with tert-alkyl or cyclic N) is 1. The maximum absolute atomic E-state index is 9.54. The highest BCUT2D eigenvalue weighted by molar-refractivity contribution is 6.31. The molecular weight excluding hydrogens is 224 g/mol. The number of hydrogen-bond donors (Lipinski definition) is 2. The van der Waals surface area contributed by atoms with Gasteiger partial charge in [-0.25, -0.2) is 0 Å². The van der Waals surface area contributed by atoms with E-state index in [0.717, 1.165) is 23.6 Å². The van der Waals surface area contributed by atoms with Gasteiger partial charge in [0.05, 0.1) is 6.10 Å². The highest BCUT2D eigenvalue weighted by atomic mass is 35.5. The Hall–Kier alpha value is -0.610. The Morgan fingerprint density at radius 3 is 2.81 bits per heavy atom. The summed E-state index contributed by atoms with van der Waals surface area (Å²) in [6.45, 7) is 2.10. The van der Waals surface area contributed by atoms with E-state index >= 15 is 0 Å². The van der Waals surface area contributed by atoms with Gasteiger partial charge in [-0.05, 0) is 18.1 Å². The van der Waals surface area contributed by atoms with Gasteiger partial charge in [-0.2, -0.15) is 0 Å². The van der Waals surface area contributed by atoms with E-state index in [1.54, 1.807) is 0 Å². The second kappa shape index (κ2) is 5.15. The molecule has 1 fully saturated rings. The highest BCUT2D eigenvalue weighted by Crippen LogP contribution is 2.29. The topological polar surface area (TPSA) is 49.5 Å². The number of likely N-dealkylation sites (tertiary alicyclic amines) is 1. The van der Waals surface area contributed by atoms with Crippen molar-refractivity contribution in [3.05, 3.63) is 34.9 Å². The van der Waals surface area contributed by atoms with Crippen LogP contribution in [-0.2, 0) is 0 Å². The lowest BCUT2D eigenvalue weighted by Crippen LogP contribution is -2.32. The Labute approximate surface area is 101 Å². The van der Waals surface area contributed by atoms with E-state index in [-0.39, 0.29) is 12.1 Å². The van der Waals surface area contributed by atoms with Gasteiger partial charge in [0.2, 0.25) is 0 Å². The number of aliphatic hydroxyl groups is 1. The van der Waals surface area contributed by atoms with E-state index in [4.69, 9.17) is 17.3 Å². The van der Waals surface area contributed by atoms with Gasteiger partial charge in [-0.3, -0.25) is 4.90 Å². The molecule has 1 saturated heterocycles. The molecule has 16 heavy (non-hydrogen) atoms. The molecule has 1 heterocycles. The molecule has 2 rings (SSSR count). The summed E-state index contributed by atoms with van der Waals surface area (Å²) in [4.78, 5) is 2.20. The van der Waals surface area contributed by atoms with E-state index in [0.29, 0.717) is 13.1 Å². The quantitative estimate of drug-likeness (QED) is 0.840. The molecule has 1 aliphatic heterocycles. The molecule has 3 N–H and O–H groups in total. The zero-order valence-corrected chi connectivity index (χ0v) is 9.90. The van der Waals surface area contributed by atoms with Gasteiger partial charge < -0.3 is 10.8 Å². The van der Waals surface area contributed by atoms with Crippen molar-refractivity contribution in [2.24, 2.45) is 5.73 Å². The first-order valence-corrected chi connectivity index (χ1v) is 5.96. The largest absolute Gasteiger partial charge is 0.392 e. The van der Waals surface area contributed by atoms with E-state index in [1.165, 1.54) is 0 Å². The predicted octanol–water partition coefficient (Wildman–Crippen LogP) is 1.41. The number of halogens is 1. The van der Waals surface area contributed by atoms with Gasteiger partial charge >= 0.3 is 0 Å². The van der Waals surface area contributed by atoms with Gasteiger partial charge in [0.25, 0.3) is 0 Å². The highest BCUT2D eigenvalue weighted by Gasteiger charge is 2.28. The van der Waals surface area contributed by atoms with Crippen molar-refractivity contribution in [1.29, 1.82) is 0 Å². The van der Waals surface area contributed by atoms with Crippen molar-refractivity contribution in [3.63, 3.8) is 0 Å². The molecule has 0 saturated carbocycles. The van der Waals surface area contributed by atoms with Crippen LogP contribution in [0.25, 0.3) is 0 Å². The van der Waals surface area contributed by atoms with E-state index < -0.39 is 0 Å². The molecule has 1 aromatic rings. The first kappa shape index (κ1) is 11.9. The fraction of sp³-hybridized carbons (Fsp3) is 0.500. The fourth-order valence-corrected chi connectivity index (χ4v) is 2.53. The first-order valence-electron chi connectivity index (χ1n) is 5.59. The Morgan fingerprint density at radius 2 is 2.25 bits per heavy atom. The molecule has 0 bridgehead atoms. The molecule has 0 aliphatic carbocycles. The van der Waals surface area contributed by atoms with Crippen molar-refractivity contribution in [2.45, 2.75) is 18.6 Å². The normalized spacial score (nSPS) is 23.6. The molecule has 1 aliphatic rings. The average molecular weight is 241 g/mol. The SMILES string of the molecule is NCC(c1ccccc1Cl)N1CCC(O)C1. The van der Waals surface area contributed by atoms with Gasteiger partial charge in [0, 0.05) is 30.7 Å². The zero-order valence-electron chi connectivity index (χ0n) is 9.14. The van der Waals surface area contributed by atoms with Crippen molar-refractivity contribution >= 4 is 11.6 Å². The van der Waals surface area contributed by atoms with Crippen molar-refractivity contribution in [1.82, 2.24) is 4.90 Å². The number of aliphatic hydroxyl groups excluding tert-OH is 1. The van der Waals surface area contributed by atoms with Crippen LogP contribution in [0.3, 0.4) is 0 Å². The van der Waals surface area contributed by atoms with Crippen molar-refractivity contribution < 1.29 is 5.11 Å². The maximum atomic E-state index is 9.54. The molecule has 0 aromatic heterocycles. The van der Waals surface area contributed by atoms with Crippen molar-refractivity contribution in [3.8, 4) is 0 Å². The van der Waals surface area contributed by atoms with Gasteiger partial charge in [0.15, 0.2) is 0 Å². The van der Waals surface area contributed by atoms with Crippen LogP contribution >= 0.6 is 11.6 Å². The average Bonchev–Trinajstić information content (AvgIpc) is 2.69. The lowest BCUT2D eigenvalue weighted by molar-refractivity contribution is 0.160. The lowest BCUT2D eigenvalue weighted by Gasteiger charge is -2.27. The molecule has 0 spiro atoms. The monoisotopic (exact) mass is 240 g/mol. The number of nitrogens with zero attached hydrogens (tertiary/aromatic N) is 1. The van der Waals surface area contributed by atoms with Crippen molar-refractivity contribution in [2.75, 3.05) is 19.6 Å². The third-order valence-electron chi connectivity index (χ3n) is 3.12. The fourth-order valence-electron chi connectivity index (χ4n) is 2.27. The summed E-state index contributed by atoms with van der Waals surface area (Å²) >= 11 is 6.17. The molecule has 0 radical (unpaired) electrons. The third kappa shape index (κ3) is 2.38. The maximum Gasteiger partial charge on any atom is 0.0679 e.